The molecule has 0 aliphatic heterocycles. The first-order chi connectivity index (χ1) is 9.24. The van der Waals surface area contributed by atoms with Gasteiger partial charge in [-0.1, -0.05) is 37.8 Å². The highest BCUT2D eigenvalue weighted by atomic mass is 35.5. The standard InChI is InChI=1S/C14H22ClN3O/c1-3-12(10-7-5-4-6-8-10)17-13-11(15)9-16-14(18-13)19-2/h9-10,12H,3-8H2,1-2H3,(H,16,17,18). The van der Waals surface area contributed by atoms with Crippen LogP contribution in [0.15, 0.2) is 6.20 Å². The molecule has 1 aromatic heterocycles. The zero-order chi connectivity index (χ0) is 13.7. The van der Waals surface area contributed by atoms with Crippen LogP contribution in [0.2, 0.25) is 5.02 Å². The Morgan fingerprint density at radius 3 is 2.79 bits per heavy atom. The quantitative estimate of drug-likeness (QED) is 0.890. The first-order valence-electron chi connectivity index (χ1n) is 7.07. The molecule has 1 fully saturated rings. The minimum absolute atomic E-state index is 0.352. The molecule has 5 heteroatoms. The molecule has 19 heavy (non-hydrogen) atoms. The predicted octanol–water partition coefficient (Wildman–Crippen LogP) is 3.91. The molecule has 0 spiro atoms. The number of halogens is 1. The van der Waals surface area contributed by atoms with E-state index < -0.39 is 0 Å². The molecule has 0 saturated heterocycles. The molecular weight excluding hydrogens is 262 g/mol. The zero-order valence-corrected chi connectivity index (χ0v) is 12.4. The first-order valence-corrected chi connectivity index (χ1v) is 7.45. The van der Waals surface area contributed by atoms with Crippen molar-refractivity contribution < 1.29 is 4.74 Å². The molecule has 1 saturated carbocycles. The van der Waals surface area contributed by atoms with Gasteiger partial charge in [0.15, 0.2) is 5.82 Å². The fourth-order valence-electron chi connectivity index (χ4n) is 2.82. The van der Waals surface area contributed by atoms with Crippen LogP contribution >= 0.6 is 11.6 Å². The minimum Gasteiger partial charge on any atom is -0.467 e. The highest BCUT2D eigenvalue weighted by molar-refractivity contribution is 6.32. The fraction of sp³-hybridized carbons (Fsp3) is 0.714. The molecule has 0 radical (unpaired) electrons. The van der Waals surface area contributed by atoms with Crippen LogP contribution in [0.5, 0.6) is 6.01 Å². The van der Waals surface area contributed by atoms with Gasteiger partial charge in [-0.15, -0.1) is 0 Å². The summed E-state index contributed by atoms with van der Waals surface area (Å²) >= 11 is 6.15. The van der Waals surface area contributed by atoms with E-state index in [4.69, 9.17) is 16.3 Å². The Bertz CT molecular complexity index is 408. The smallest absolute Gasteiger partial charge is 0.318 e. The second-order valence-electron chi connectivity index (χ2n) is 5.11. The number of ether oxygens (including phenoxy) is 1. The zero-order valence-electron chi connectivity index (χ0n) is 11.7. The third kappa shape index (κ3) is 3.72. The van der Waals surface area contributed by atoms with Gasteiger partial charge in [-0.3, -0.25) is 0 Å². The normalized spacial score (nSPS) is 18.1. The van der Waals surface area contributed by atoms with Crippen LogP contribution in [0.3, 0.4) is 0 Å². The first kappa shape index (κ1) is 14.4. The molecule has 1 aliphatic rings. The molecule has 106 valence electrons. The van der Waals surface area contributed by atoms with Crippen molar-refractivity contribution >= 4 is 17.4 Å². The third-order valence-corrected chi connectivity index (χ3v) is 4.16. The lowest BCUT2D eigenvalue weighted by Crippen LogP contribution is -2.30. The van der Waals surface area contributed by atoms with E-state index in [2.05, 4.69) is 22.2 Å². The Kier molecular flexibility index (Phi) is 5.25. The summed E-state index contributed by atoms with van der Waals surface area (Å²) in [7, 11) is 1.56. The number of methoxy groups -OCH3 is 1. The fourth-order valence-corrected chi connectivity index (χ4v) is 2.96. The number of nitrogens with zero attached hydrogens (tertiary/aromatic N) is 2. The van der Waals surface area contributed by atoms with Crippen LogP contribution in [0.1, 0.15) is 45.4 Å². The minimum atomic E-state index is 0.352. The van der Waals surface area contributed by atoms with Crippen LogP contribution in [0.25, 0.3) is 0 Å². The van der Waals surface area contributed by atoms with Crippen LogP contribution in [0.4, 0.5) is 5.82 Å². The highest BCUT2D eigenvalue weighted by Crippen LogP contribution is 2.31. The Balaban J connectivity index is 2.08. The third-order valence-electron chi connectivity index (χ3n) is 3.89. The lowest BCUT2D eigenvalue weighted by molar-refractivity contribution is 0.312. The van der Waals surface area contributed by atoms with Crippen LogP contribution in [0, 0.1) is 5.92 Å². The SMILES string of the molecule is CCC(Nc1nc(OC)ncc1Cl)C1CCCCC1. The van der Waals surface area contributed by atoms with E-state index in [1.54, 1.807) is 13.3 Å². The Morgan fingerprint density at radius 2 is 2.16 bits per heavy atom. The number of aromatic nitrogens is 2. The van der Waals surface area contributed by atoms with Crippen molar-refractivity contribution in [2.24, 2.45) is 5.92 Å². The van der Waals surface area contributed by atoms with E-state index in [1.807, 2.05) is 0 Å². The topological polar surface area (TPSA) is 47.0 Å². The molecule has 0 aromatic carbocycles. The Hall–Kier alpha value is -1.03. The average molecular weight is 284 g/mol. The lowest BCUT2D eigenvalue weighted by Gasteiger charge is -2.30. The van der Waals surface area contributed by atoms with Crippen molar-refractivity contribution in [1.29, 1.82) is 0 Å². The van der Waals surface area contributed by atoms with Gasteiger partial charge in [0, 0.05) is 6.04 Å². The maximum atomic E-state index is 6.15. The molecule has 0 bridgehead atoms. The van der Waals surface area contributed by atoms with Gasteiger partial charge in [-0.25, -0.2) is 4.98 Å². The molecule has 0 amide bonds. The molecule has 1 heterocycles. The number of anilines is 1. The summed E-state index contributed by atoms with van der Waals surface area (Å²) in [5.74, 6) is 1.40. The van der Waals surface area contributed by atoms with Crippen molar-refractivity contribution in [2.75, 3.05) is 12.4 Å². The summed E-state index contributed by atoms with van der Waals surface area (Å²) in [5, 5.41) is 4.03. The van der Waals surface area contributed by atoms with Gasteiger partial charge in [0.2, 0.25) is 0 Å². The summed E-state index contributed by atoms with van der Waals surface area (Å²) in [6.07, 6.45) is 9.30. The van der Waals surface area contributed by atoms with E-state index >= 15 is 0 Å². The van der Waals surface area contributed by atoms with Crippen LogP contribution < -0.4 is 10.1 Å². The summed E-state index contributed by atoms with van der Waals surface area (Å²) in [6, 6.07) is 0.780. The summed E-state index contributed by atoms with van der Waals surface area (Å²) in [6.45, 7) is 2.21. The molecule has 2 rings (SSSR count). The van der Waals surface area contributed by atoms with Gasteiger partial charge in [0.1, 0.15) is 5.02 Å². The summed E-state index contributed by atoms with van der Waals surface area (Å²) in [4.78, 5) is 8.29. The predicted molar refractivity (Wildman–Crippen MR) is 77.9 cm³/mol. The van der Waals surface area contributed by atoms with Crippen LogP contribution in [-0.2, 0) is 0 Å². The van der Waals surface area contributed by atoms with Crippen molar-refractivity contribution in [3.05, 3.63) is 11.2 Å². The Labute approximate surface area is 119 Å². The lowest BCUT2D eigenvalue weighted by atomic mass is 9.83. The summed E-state index contributed by atoms with van der Waals surface area (Å²) < 4.78 is 5.05. The van der Waals surface area contributed by atoms with Crippen molar-refractivity contribution in [1.82, 2.24) is 9.97 Å². The number of hydrogen-bond donors (Lipinski definition) is 1. The molecule has 1 N–H and O–H groups in total. The average Bonchev–Trinajstić information content (AvgIpc) is 2.47. The van der Waals surface area contributed by atoms with Gasteiger partial charge in [-0.2, -0.15) is 4.98 Å². The van der Waals surface area contributed by atoms with Gasteiger partial charge >= 0.3 is 6.01 Å². The second kappa shape index (κ2) is 6.94. The van der Waals surface area contributed by atoms with Gasteiger partial charge in [-0.05, 0) is 25.2 Å². The number of nitrogens with one attached hydrogen (secondary N) is 1. The molecule has 1 atom stereocenters. The van der Waals surface area contributed by atoms with Crippen molar-refractivity contribution in [3.63, 3.8) is 0 Å². The molecule has 1 aromatic rings. The Morgan fingerprint density at radius 1 is 1.42 bits per heavy atom. The van der Waals surface area contributed by atoms with Gasteiger partial charge in [0.05, 0.1) is 13.3 Å². The number of rotatable bonds is 5. The molecule has 4 nitrogen and oxygen atoms in total. The van der Waals surface area contributed by atoms with Crippen molar-refractivity contribution in [3.8, 4) is 6.01 Å². The molecule has 1 unspecified atom stereocenters. The van der Waals surface area contributed by atoms with E-state index in [1.165, 1.54) is 32.1 Å². The van der Waals surface area contributed by atoms with Gasteiger partial charge < -0.3 is 10.1 Å². The monoisotopic (exact) mass is 283 g/mol. The number of hydrogen-bond acceptors (Lipinski definition) is 4. The highest BCUT2D eigenvalue weighted by Gasteiger charge is 2.23. The molecule has 1 aliphatic carbocycles. The van der Waals surface area contributed by atoms with Crippen molar-refractivity contribution in [2.45, 2.75) is 51.5 Å². The van der Waals surface area contributed by atoms with Gasteiger partial charge in [0.25, 0.3) is 0 Å². The van der Waals surface area contributed by atoms with Crippen LogP contribution in [-0.4, -0.2) is 23.1 Å². The van der Waals surface area contributed by atoms with E-state index in [0.717, 1.165) is 12.3 Å². The summed E-state index contributed by atoms with van der Waals surface area (Å²) in [5.41, 5.74) is 0. The maximum absolute atomic E-state index is 6.15. The largest absolute Gasteiger partial charge is 0.467 e. The van der Waals surface area contributed by atoms with E-state index in [-0.39, 0.29) is 0 Å². The second-order valence-corrected chi connectivity index (χ2v) is 5.52. The van der Waals surface area contributed by atoms with E-state index in [0.29, 0.717) is 22.9 Å². The van der Waals surface area contributed by atoms with E-state index in [9.17, 15) is 0 Å². The maximum Gasteiger partial charge on any atom is 0.318 e. The molecular formula is C14H22ClN3O.